The van der Waals surface area contributed by atoms with Crippen LogP contribution in [0.25, 0.3) is 0 Å². The number of hydrogen-bond acceptors (Lipinski definition) is 8. The molecule has 2 atom stereocenters. The first-order valence-electron chi connectivity index (χ1n) is 9.04. The molecule has 2 unspecified atom stereocenters. The molecule has 1 heterocycles. The highest BCUT2D eigenvalue weighted by atomic mass is 16.4. The minimum Gasteiger partial charge on any atom is -0.480 e. The molecule has 0 spiro atoms. The first kappa shape index (κ1) is 25.7. The van der Waals surface area contributed by atoms with Crippen molar-refractivity contribution in [2.75, 3.05) is 13.1 Å². The van der Waals surface area contributed by atoms with Gasteiger partial charge < -0.3 is 26.2 Å². The molecule has 32 heavy (non-hydrogen) atoms. The molecule has 1 aliphatic heterocycles. The standard InChI is InChI=1S/C18H20N4O10/c23-9-1-2-10(24)19-7-5-11(25)20-15(17(29)30)16(18(31)32)21-12(26)6-8-22-13(27)3-4-14(22)28/h1-4,9,15-16H,5-8H2,(H,19,24)(H,20,25)(H,21,26)(H,29,30)(H,31,32)/b2-1-. The summed E-state index contributed by atoms with van der Waals surface area (Å²) in [5.41, 5.74) is 0. The van der Waals surface area contributed by atoms with Crippen LogP contribution in [-0.4, -0.2) is 88.0 Å². The van der Waals surface area contributed by atoms with Crippen LogP contribution in [0.1, 0.15) is 12.8 Å². The molecular weight excluding hydrogens is 432 g/mol. The van der Waals surface area contributed by atoms with Crippen molar-refractivity contribution in [3.05, 3.63) is 24.3 Å². The van der Waals surface area contributed by atoms with Crippen LogP contribution < -0.4 is 16.0 Å². The summed E-state index contributed by atoms with van der Waals surface area (Å²) in [6, 6.07) is -4.11. The Labute approximate surface area is 180 Å². The zero-order valence-electron chi connectivity index (χ0n) is 16.5. The average Bonchev–Trinajstić information content (AvgIpc) is 3.04. The fourth-order valence-corrected chi connectivity index (χ4v) is 2.42. The van der Waals surface area contributed by atoms with Gasteiger partial charge in [0.15, 0.2) is 12.1 Å². The first-order chi connectivity index (χ1) is 15.1. The lowest BCUT2D eigenvalue weighted by molar-refractivity contribution is -0.151. The summed E-state index contributed by atoms with van der Waals surface area (Å²) in [5, 5.41) is 24.7. The number of aldehydes is 1. The largest absolute Gasteiger partial charge is 0.480 e. The molecule has 14 nitrogen and oxygen atoms in total. The van der Waals surface area contributed by atoms with Crippen LogP contribution in [0.5, 0.6) is 0 Å². The van der Waals surface area contributed by atoms with Gasteiger partial charge in [0.25, 0.3) is 11.8 Å². The van der Waals surface area contributed by atoms with Crippen molar-refractivity contribution in [1.82, 2.24) is 20.9 Å². The maximum atomic E-state index is 12.0. The smallest absolute Gasteiger partial charge is 0.329 e. The lowest BCUT2D eigenvalue weighted by Crippen LogP contribution is -2.59. The lowest BCUT2D eigenvalue weighted by Gasteiger charge is -2.23. The zero-order valence-corrected chi connectivity index (χ0v) is 16.5. The third-order valence-corrected chi connectivity index (χ3v) is 3.94. The van der Waals surface area contributed by atoms with Crippen LogP contribution in [0.3, 0.4) is 0 Å². The molecule has 1 aliphatic rings. The molecule has 0 aromatic carbocycles. The van der Waals surface area contributed by atoms with E-state index >= 15 is 0 Å². The summed E-state index contributed by atoms with van der Waals surface area (Å²) < 4.78 is 0. The summed E-state index contributed by atoms with van der Waals surface area (Å²) >= 11 is 0. The minimum absolute atomic E-state index is 0.240. The van der Waals surface area contributed by atoms with Crippen LogP contribution in [-0.2, 0) is 38.4 Å². The van der Waals surface area contributed by atoms with E-state index in [0.717, 1.165) is 29.2 Å². The van der Waals surface area contributed by atoms with Gasteiger partial charge in [0.05, 0.1) is 0 Å². The Morgan fingerprint density at radius 2 is 1.41 bits per heavy atom. The van der Waals surface area contributed by atoms with E-state index in [-0.39, 0.29) is 13.1 Å². The molecule has 0 aromatic rings. The topological polar surface area (TPSA) is 216 Å². The summed E-state index contributed by atoms with van der Waals surface area (Å²) in [6.45, 7) is -0.596. The van der Waals surface area contributed by atoms with Gasteiger partial charge in [-0.25, -0.2) is 9.59 Å². The molecule has 0 saturated heterocycles. The van der Waals surface area contributed by atoms with Crippen molar-refractivity contribution in [3.8, 4) is 0 Å². The number of carbonyl (C=O) groups is 8. The highest BCUT2D eigenvalue weighted by molar-refractivity contribution is 6.13. The molecule has 5 N–H and O–H groups in total. The van der Waals surface area contributed by atoms with Crippen molar-refractivity contribution in [3.63, 3.8) is 0 Å². The third-order valence-electron chi connectivity index (χ3n) is 3.94. The molecule has 0 aromatic heterocycles. The lowest BCUT2D eigenvalue weighted by atomic mass is 10.1. The fraction of sp³-hybridized carbons (Fsp3) is 0.333. The van der Waals surface area contributed by atoms with E-state index in [1.54, 1.807) is 0 Å². The van der Waals surface area contributed by atoms with Gasteiger partial charge in [0.1, 0.15) is 6.29 Å². The molecule has 0 radical (unpaired) electrons. The van der Waals surface area contributed by atoms with Crippen LogP contribution in [0.15, 0.2) is 24.3 Å². The Hall–Kier alpha value is -4.36. The van der Waals surface area contributed by atoms with Crippen LogP contribution in [0.4, 0.5) is 0 Å². The van der Waals surface area contributed by atoms with E-state index in [4.69, 9.17) is 0 Å². The Bertz CT molecular complexity index is 861. The van der Waals surface area contributed by atoms with Gasteiger partial charge in [0.2, 0.25) is 17.7 Å². The first-order valence-corrected chi connectivity index (χ1v) is 9.04. The maximum absolute atomic E-state index is 12.0. The molecule has 172 valence electrons. The quantitative estimate of drug-likeness (QED) is 0.106. The van der Waals surface area contributed by atoms with Gasteiger partial charge in [-0.2, -0.15) is 0 Å². The predicted octanol–water partition coefficient (Wildman–Crippen LogP) is -3.30. The predicted molar refractivity (Wildman–Crippen MR) is 102 cm³/mol. The van der Waals surface area contributed by atoms with E-state index in [0.29, 0.717) is 6.29 Å². The van der Waals surface area contributed by atoms with Gasteiger partial charge in [-0.1, -0.05) is 0 Å². The maximum Gasteiger partial charge on any atom is 0.329 e. The second kappa shape index (κ2) is 12.4. The van der Waals surface area contributed by atoms with Gasteiger partial charge in [0, 0.05) is 44.2 Å². The number of carbonyl (C=O) groups excluding carboxylic acids is 6. The Kier molecular flexibility index (Phi) is 9.92. The SMILES string of the molecule is O=C/C=C\C(=O)NCCC(=O)NC(C(=O)O)C(NC(=O)CCN1C(=O)C=CC1=O)C(=O)O. The van der Waals surface area contributed by atoms with Crippen molar-refractivity contribution < 1.29 is 48.6 Å². The molecular formula is C18H20N4O10. The zero-order chi connectivity index (χ0) is 24.3. The molecule has 0 aliphatic carbocycles. The number of aliphatic carboxylic acids is 2. The van der Waals surface area contributed by atoms with Crippen LogP contribution in [0.2, 0.25) is 0 Å². The monoisotopic (exact) mass is 452 g/mol. The second-order valence-corrected chi connectivity index (χ2v) is 6.21. The Morgan fingerprint density at radius 1 is 0.906 bits per heavy atom. The molecule has 14 heteroatoms. The highest BCUT2D eigenvalue weighted by Gasteiger charge is 2.36. The number of amides is 5. The summed E-state index contributed by atoms with van der Waals surface area (Å²) in [4.78, 5) is 92.0. The van der Waals surface area contributed by atoms with E-state index in [9.17, 15) is 48.6 Å². The third kappa shape index (κ3) is 8.17. The Balaban J connectivity index is 2.65. The summed E-state index contributed by atoms with van der Waals surface area (Å²) in [6.07, 6.45) is 3.26. The number of nitrogens with zero attached hydrogens (tertiary/aromatic N) is 1. The number of imide groups is 1. The number of carboxylic acids is 2. The molecule has 0 bridgehead atoms. The molecule has 0 saturated carbocycles. The van der Waals surface area contributed by atoms with Crippen molar-refractivity contribution in [2.24, 2.45) is 0 Å². The summed E-state index contributed by atoms with van der Waals surface area (Å²) in [7, 11) is 0. The summed E-state index contributed by atoms with van der Waals surface area (Å²) in [5.74, 6) is -7.40. The van der Waals surface area contributed by atoms with Crippen molar-refractivity contribution >= 4 is 47.8 Å². The second-order valence-electron chi connectivity index (χ2n) is 6.21. The fourth-order valence-electron chi connectivity index (χ4n) is 2.42. The van der Waals surface area contributed by atoms with Gasteiger partial charge in [-0.3, -0.25) is 33.7 Å². The van der Waals surface area contributed by atoms with E-state index in [1.807, 2.05) is 10.6 Å². The van der Waals surface area contributed by atoms with Crippen LogP contribution >= 0.6 is 0 Å². The van der Waals surface area contributed by atoms with Crippen molar-refractivity contribution in [2.45, 2.75) is 24.9 Å². The normalized spacial score (nSPS) is 14.7. The van der Waals surface area contributed by atoms with Gasteiger partial charge in [-0.05, 0) is 6.08 Å². The minimum atomic E-state index is -2.06. The molecule has 1 rings (SSSR count). The molecule has 0 fully saturated rings. The average molecular weight is 452 g/mol. The Morgan fingerprint density at radius 3 is 1.88 bits per heavy atom. The number of carboxylic acid groups (broad SMARTS) is 2. The van der Waals surface area contributed by atoms with Gasteiger partial charge >= 0.3 is 11.9 Å². The van der Waals surface area contributed by atoms with E-state index in [2.05, 4.69) is 5.32 Å². The van der Waals surface area contributed by atoms with E-state index < -0.39 is 66.4 Å². The number of nitrogens with one attached hydrogen (secondary N) is 3. The number of allylic oxidation sites excluding steroid dienone is 1. The van der Waals surface area contributed by atoms with E-state index in [1.165, 1.54) is 0 Å². The van der Waals surface area contributed by atoms with Crippen LogP contribution in [0, 0.1) is 0 Å². The van der Waals surface area contributed by atoms with Gasteiger partial charge in [-0.15, -0.1) is 0 Å². The molecule has 5 amide bonds. The van der Waals surface area contributed by atoms with Crippen molar-refractivity contribution in [1.29, 1.82) is 0 Å². The number of hydrogen-bond donors (Lipinski definition) is 5. The highest BCUT2D eigenvalue weighted by Crippen LogP contribution is 2.05. The number of rotatable bonds is 13.